The van der Waals surface area contributed by atoms with E-state index in [4.69, 9.17) is 0 Å². The van der Waals surface area contributed by atoms with Crippen LogP contribution in [0.4, 0.5) is 14.5 Å². The van der Waals surface area contributed by atoms with E-state index < -0.39 is 0 Å². The molecule has 1 aliphatic rings. The number of aryl methyl sites for hydroxylation is 1. The van der Waals surface area contributed by atoms with E-state index in [0.29, 0.717) is 23.2 Å². The van der Waals surface area contributed by atoms with E-state index >= 15 is 0 Å². The van der Waals surface area contributed by atoms with E-state index in [2.05, 4.69) is 19.2 Å². The third-order valence-electron chi connectivity index (χ3n) is 3.67. The van der Waals surface area contributed by atoms with Crippen LogP contribution in [0.1, 0.15) is 25.8 Å². The SMILES string of the molecule is Cc1cc(F)c(N2CCC(CNC(C)C)C2)cc1F. The normalized spacial score (nSPS) is 19.5. The summed E-state index contributed by atoms with van der Waals surface area (Å²) in [5.41, 5.74) is 0.758. The average Bonchev–Trinajstić information content (AvgIpc) is 2.80. The first-order valence-corrected chi connectivity index (χ1v) is 6.91. The van der Waals surface area contributed by atoms with Crippen LogP contribution in [-0.2, 0) is 0 Å². The number of hydrogen-bond acceptors (Lipinski definition) is 2. The molecule has 4 heteroatoms. The van der Waals surface area contributed by atoms with Crippen molar-refractivity contribution in [3.05, 3.63) is 29.3 Å². The summed E-state index contributed by atoms with van der Waals surface area (Å²) in [6, 6.07) is 3.07. The summed E-state index contributed by atoms with van der Waals surface area (Å²) in [5.74, 6) is -0.150. The molecule has 0 amide bonds. The molecule has 1 heterocycles. The molecule has 2 nitrogen and oxygen atoms in total. The summed E-state index contributed by atoms with van der Waals surface area (Å²) in [4.78, 5) is 1.95. The van der Waals surface area contributed by atoms with Gasteiger partial charge in [-0.25, -0.2) is 8.78 Å². The van der Waals surface area contributed by atoms with Gasteiger partial charge in [-0.3, -0.25) is 0 Å². The van der Waals surface area contributed by atoms with Gasteiger partial charge in [-0.1, -0.05) is 13.8 Å². The largest absolute Gasteiger partial charge is 0.369 e. The topological polar surface area (TPSA) is 15.3 Å². The quantitative estimate of drug-likeness (QED) is 0.902. The van der Waals surface area contributed by atoms with Crippen LogP contribution in [0.5, 0.6) is 0 Å². The third kappa shape index (κ3) is 3.44. The average molecular weight is 268 g/mol. The van der Waals surface area contributed by atoms with Crippen molar-refractivity contribution in [3.63, 3.8) is 0 Å². The highest BCUT2D eigenvalue weighted by Crippen LogP contribution is 2.28. The maximum absolute atomic E-state index is 13.9. The van der Waals surface area contributed by atoms with Crippen LogP contribution in [0.25, 0.3) is 0 Å². The van der Waals surface area contributed by atoms with Crippen LogP contribution in [0.2, 0.25) is 0 Å². The second-order valence-corrected chi connectivity index (χ2v) is 5.72. The summed E-state index contributed by atoms with van der Waals surface area (Å²) in [6.45, 7) is 8.33. The Labute approximate surface area is 113 Å². The summed E-state index contributed by atoms with van der Waals surface area (Å²) >= 11 is 0. The van der Waals surface area contributed by atoms with Gasteiger partial charge in [0.2, 0.25) is 0 Å². The van der Waals surface area contributed by atoms with E-state index in [1.165, 1.54) is 12.1 Å². The molecule has 0 aliphatic carbocycles. The Morgan fingerprint density at radius 3 is 2.74 bits per heavy atom. The molecule has 0 radical (unpaired) electrons. The zero-order valence-electron chi connectivity index (χ0n) is 11.8. The van der Waals surface area contributed by atoms with Crippen molar-refractivity contribution in [3.8, 4) is 0 Å². The summed E-state index contributed by atoms with van der Waals surface area (Å²) < 4.78 is 27.5. The highest BCUT2D eigenvalue weighted by molar-refractivity contribution is 5.50. The lowest BCUT2D eigenvalue weighted by Crippen LogP contribution is -2.30. The van der Waals surface area contributed by atoms with Crippen molar-refractivity contribution >= 4 is 5.69 Å². The maximum atomic E-state index is 13.9. The molecule has 1 atom stereocenters. The smallest absolute Gasteiger partial charge is 0.146 e. The molecule has 2 rings (SSSR count). The molecule has 0 spiro atoms. The number of nitrogens with zero attached hydrogens (tertiary/aromatic N) is 1. The first-order chi connectivity index (χ1) is 8.97. The van der Waals surface area contributed by atoms with Gasteiger partial charge in [-0.2, -0.15) is 0 Å². The highest BCUT2D eigenvalue weighted by atomic mass is 19.1. The monoisotopic (exact) mass is 268 g/mol. The van der Waals surface area contributed by atoms with Crippen LogP contribution < -0.4 is 10.2 Å². The molecule has 0 aromatic heterocycles. The third-order valence-corrected chi connectivity index (χ3v) is 3.67. The first kappa shape index (κ1) is 14.3. The van der Waals surface area contributed by atoms with Crippen molar-refractivity contribution in [1.82, 2.24) is 5.32 Å². The van der Waals surface area contributed by atoms with Crippen molar-refractivity contribution in [2.24, 2.45) is 5.92 Å². The van der Waals surface area contributed by atoms with Crippen LogP contribution in [0.15, 0.2) is 12.1 Å². The molecule has 0 bridgehead atoms. The minimum absolute atomic E-state index is 0.323. The maximum Gasteiger partial charge on any atom is 0.146 e. The van der Waals surface area contributed by atoms with Gasteiger partial charge in [0.15, 0.2) is 0 Å². The number of benzene rings is 1. The minimum Gasteiger partial charge on any atom is -0.369 e. The van der Waals surface area contributed by atoms with Crippen molar-refractivity contribution in [1.29, 1.82) is 0 Å². The zero-order chi connectivity index (χ0) is 14.0. The summed E-state index contributed by atoms with van der Waals surface area (Å²) in [6.07, 6.45) is 1.02. The Hall–Kier alpha value is -1.16. The second kappa shape index (κ2) is 5.87. The molecular weight excluding hydrogens is 246 g/mol. The highest BCUT2D eigenvalue weighted by Gasteiger charge is 2.25. The molecule has 0 saturated carbocycles. The molecule has 1 unspecified atom stereocenters. The fourth-order valence-corrected chi connectivity index (χ4v) is 2.50. The number of hydrogen-bond donors (Lipinski definition) is 1. The lowest BCUT2D eigenvalue weighted by atomic mass is 10.1. The Bertz CT molecular complexity index is 446. The molecule has 1 saturated heterocycles. The standard InChI is InChI=1S/C15H22F2N2/c1-10(2)18-8-12-4-5-19(9-12)15-7-13(16)11(3)6-14(15)17/h6-7,10,12,18H,4-5,8-9H2,1-3H3. The van der Waals surface area contributed by atoms with E-state index in [-0.39, 0.29) is 11.6 Å². The summed E-state index contributed by atoms with van der Waals surface area (Å²) in [5, 5.41) is 3.40. The molecule has 106 valence electrons. The van der Waals surface area contributed by atoms with Crippen LogP contribution in [-0.4, -0.2) is 25.7 Å². The predicted octanol–water partition coefficient (Wildman–Crippen LogP) is 3.10. The molecule has 19 heavy (non-hydrogen) atoms. The van der Waals surface area contributed by atoms with E-state index in [9.17, 15) is 8.78 Å². The molecule has 1 fully saturated rings. The van der Waals surface area contributed by atoms with Gasteiger partial charge in [0.05, 0.1) is 5.69 Å². The molecule has 1 aromatic carbocycles. The van der Waals surface area contributed by atoms with Crippen LogP contribution in [0, 0.1) is 24.5 Å². The van der Waals surface area contributed by atoms with Gasteiger partial charge in [-0.05, 0) is 37.4 Å². The van der Waals surface area contributed by atoms with Gasteiger partial charge < -0.3 is 10.2 Å². The second-order valence-electron chi connectivity index (χ2n) is 5.72. The zero-order valence-corrected chi connectivity index (χ0v) is 11.8. The van der Waals surface area contributed by atoms with Crippen molar-refractivity contribution in [2.75, 3.05) is 24.5 Å². The molecule has 1 aliphatic heterocycles. The molecule has 1 N–H and O–H groups in total. The van der Waals surface area contributed by atoms with E-state index in [1.54, 1.807) is 6.92 Å². The Balaban J connectivity index is 2.02. The number of nitrogens with one attached hydrogen (secondary N) is 1. The number of halogens is 2. The van der Waals surface area contributed by atoms with Crippen LogP contribution >= 0.6 is 0 Å². The van der Waals surface area contributed by atoms with Gasteiger partial charge in [-0.15, -0.1) is 0 Å². The number of anilines is 1. The minimum atomic E-state index is -0.333. The van der Waals surface area contributed by atoms with Gasteiger partial charge >= 0.3 is 0 Å². The van der Waals surface area contributed by atoms with Crippen molar-refractivity contribution < 1.29 is 8.78 Å². The van der Waals surface area contributed by atoms with E-state index in [1.807, 2.05) is 4.90 Å². The Kier molecular flexibility index (Phi) is 4.40. The molecule has 1 aromatic rings. The summed E-state index contributed by atoms with van der Waals surface area (Å²) in [7, 11) is 0. The number of rotatable bonds is 4. The van der Waals surface area contributed by atoms with Gasteiger partial charge in [0, 0.05) is 25.2 Å². The lowest BCUT2D eigenvalue weighted by Gasteiger charge is -2.20. The molecular formula is C15H22F2N2. The Morgan fingerprint density at radius 1 is 1.32 bits per heavy atom. The lowest BCUT2D eigenvalue weighted by molar-refractivity contribution is 0.479. The van der Waals surface area contributed by atoms with Crippen molar-refractivity contribution in [2.45, 2.75) is 33.2 Å². The van der Waals surface area contributed by atoms with Gasteiger partial charge in [0.1, 0.15) is 11.6 Å². The van der Waals surface area contributed by atoms with Crippen LogP contribution in [0.3, 0.4) is 0 Å². The van der Waals surface area contributed by atoms with E-state index in [0.717, 1.165) is 26.1 Å². The predicted molar refractivity (Wildman–Crippen MR) is 74.6 cm³/mol. The first-order valence-electron chi connectivity index (χ1n) is 6.91. The Morgan fingerprint density at radius 2 is 2.05 bits per heavy atom. The van der Waals surface area contributed by atoms with Gasteiger partial charge in [0.25, 0.3) is 0 Å². The fourth-order valence-electron chi connectivity index (χ4n) is 2.50. The fraction of sp³-hybridized carbons (Fsp3) is 0.600.